The van der Waals surface area contributed by atoms with Gasteiger partial charge in [0.2, 0.25) is 0 Å². The maximum Gasteiger partial charge on any atom is 0.0921 e. The van der Waals surface area contributed by atoms with Crippen molar-refractivity contribution in [2.75, 3.05) is 53.4 Å². The molecule has 0 saturated carbocycles. The quantitative estimate of drug-likeness (QED) is 0.506. The Morgan fingerprint density at radius 3 is 2.33 bits per heavy atom. The number of hydrogen-bond donors (Lipinski definition) is 2. The van der Waals surface area contributed by atoms with Gasteiger partial charge in [-0.2, -0.15) is 0 Å². The largest absolute Gasteiger partial charge is 0.388 e. The van der Waals surface area contributed by atoms with Crippen molar-refractivity contribution in [3.63, 3.8) is 0 Å². The zero-order valence-corrected chi connectivity index (χ0v) is 12.2. The van der Waals surface area contributed by atoms with Crippen LogP contribution in [0, 0.1) is 5.41 Å². The van der Waals surface area contributed by atoms with E-state index in [9.17, 15) is 0 Å². The van der Waals surface area contributed by atoms with Crippen molar-refractivity contribution in [1.29, 1.82) is 5.41 Å². The van der Waals surface area contributed by atoms with Crippen LogP contribution in [0.5, 0.6) is 0 Å². The lowest BCUT2D eigenvalue weighted by Crippen LogP contribution is -2.51. The fourth-order valence-electron chi connectivity index (χ4n) is 2.48. The van der Waals surface area contributed by atoms with Gasteiger partial charge in [0.05, 0.1) is 5.84 Å². The van der Waals surface area contributed by atoms with Crippen molar-refractivity contribution >= 4 is 5.84 Å². The maximum atomic E-state index is 7.43. The van der Waals surface area contributed by atoms with Crippen LogP contribution in [0.25, 0.3) is 0 Å². The van der Waals surface area contributed by atoms with Gasteiger partial charge in [0.25, 0.3) is 0 Å². The second-order valence-electron chi connectivity index (χ2n) is 5.47. The third-order valence-corrected chi connectivity index (χ3v) is 3.71. The molecule has 1 rings (SSSR count). The Morgan fingerprint density at radius 2 is 1.89 bits per heavy atom. The van der Waals surface area contributed by atoms with Gasteiger partial charge >= 0.3 is 0 Å². The average Bonchev–Trinajstić information content (AvgIpc) is 2.34. The molecule has 1 fully saturated rings. The van der Waals surface area contributed by atoms with Crippen LogP contribution in [-0.4, -0.2) is 79.9 Å². The minimum atomic E-state index is 0.317. The first-order valence-electron chi connectivity index (χ1n) is 6.97. The van der Waals surface area contributed by atoms with Crippen molar-refractivity contribution in [2.24, 2.45) is 5.73 Å². The molecule has 0 aromatic heterocycles. The van der Waals surface area contributed by atoms with Crippen molar-refractivity contribution < 1.29 is 0 Å². The standard InChI is InChI=1S/C13H29N5/c1-4-12(11-13(14)15)18-9-7-17(8-10-18)6-5-16(2)3/h12H,4-11H2,1-3H3,(H3,14,15). The number of nitrogens with one attached hydrogen (secondary N) is 1. The Labute approximate surface area is 111 Å². The molecular weight excluding hydrogens is 226 g/mol. The molecule has 0 radical (unpaired) electrons. The van der Waals surface area contributed by atoms with Crippen molar-refractivity contribution in [1.82, 2.24) is 14.7 Å². The highest BCUT2D eigenvalue weighted by Gasteiger charge is 2.22. The summed E-state index contributed by atoms with van der Waals surface area (Å²) in [5, 5.41) is 7.43. The second kappa shape index (κ2) is 7.71. The molecule has 1 heterocycles. The Morgan fingerprint density at radius 1 is 1.28 bits per heavy atom. The van der Waals surface area contributed by atoms with E-state index in [1.165, 1.54) is 0 Å². The van der Waals surface area contributed by atoms with E-state index in [0.29, 0.717) is 18.3 Å². The van der Waals surface area contributed by atoms with E-state index in [1.54, 1.807) is 0 Å². The molecule has 0 bridgehead atoms. The summed E-state index contributed by atoms with van der Waals surface area (Å²) in [5.74, 6) is 0.317. The first-order valence-corrected chi connectivity index (χ1v) is 6.97. The SMILES string of the molecule is CCC(CC(=N)N)N1CCN(CCN(C)C)CC1. The molecular formula is C13H29N5. The van der Waals surface area contributed by atoms with E-state index in [4.69, 9.17) is 11.1 Å². The summed E-state index contributed by atoms with van der Waals surface area (Å²) in [4.78, 5) is 7.25. The lowest BCUT2D eigenvalue weighted by molar-refractivity contribution is 0.0920. The molecule has 18 heavy (non-hydrogen) atoms. The Hall–Kier alpha value is -0.650. The van der Waals surface area contributed by atoms with Crippen molar-refractivity contribution in [2.45, 2.75) is 25.8 Å². The summed E-state index contributed by atoms with van der Waals surface area (Å²) >= 11 is 0. The van der Waals surface area contributed by atoms with Crippen LogP contribution < -0.4 is 5.73 Å². The smallest absolute Gasteiger partial charge is 0.0921 e. The average molecular weight is 255 g/mol. The van der Waals surface area contributed by atoms with Gasteiger partial charge in [0.1, 0.15) is 0 Å². The van der Waals surface area contributed by atoms with Gasteiger partial charge in [0.15, 0.2) is 0 Å². The molecule has 1 saturated heterocycles. The van der Waals surface area contributed by atoms with E-state index >= 15 is 0 Å². The molecule has 1 atom stereocenters. The molecule has 0 spiro atoms. The van der Waals surface area contributed by atoms with Gasteiger partial charge in [-0.05, 0) is 20.5 Å². The Balaban J connectivity index is 2.30. The van der Waals surface area contributed by atoms with E-state index < -0.39 is 0 Å². The van der Waals surface area contributed by atoms with Crippen LogP contribution in [0.2, 0.25) is 0 Å². The minimum Gasteiger partial charge on any atom is -0.388 e. The lowest BCUT2D eigenvalue weighted by atomic mass is 10.1. The Kier molecular flexibility index (Phi) is 6.60. The van der Waals surface area contributed by atoms with Crippen molar-refractivity contribution in [3.8, 4) is 0 Å². The molecule has 5 nitrogen and oxygen atoms in total. The van der Waals surface area contributed by atoms with Crippen LogP contribution in [-0.2, 0) is 0 Å². The minimum absolute atomic E-state index is 0.317. The molecule has 0 aromatic rings. The third-order valence-electron chi connectivity index (χ3n) is 3.71. The molecule has 0 aromatic carbocycles. The predicted molar refractivity (Wildman–Crippen MR) is 77.2 cm³/mol. The fraction of sp³-hybridized carbons (Fsp3) is 0.923. The predicted octanol–water partition coefficient (Wildman–Crippen LogP) is 0.270. The first kappa shape index (κ1) is 15.4. The summed E-state index contributed by atoms with van der Waals surface area (Å²) in [6, 6.07) is 0.457. The second-order valence-corrected chi connectivity index (χ2v) is 5.47. The van der Waals surface area contributed by atoms with E-state index in [-0.39, 0.29) is 0 Å². The van der Waals surface area contributed by atoms with E-state index in [0.717, 1.165) is 45.7 Å². The number of nitrogens with zero attached hydrogens (tertiary/aromatic N) is 3. The summed E-state index contributed by atoms with van der Waals surface area (Å²) in [6.45, 7) is 8.98. The highest BCUT2D eigenvalue weighted by atomic mass is 15.3. The number of rotatable bonds is 7. The highest BCUT2D eigenvalue weighted by molar-refractivity contribution is 5.77. The van der Waals surface area contributed by atoms with Gasteiger partial charge < -0.3 is 10.6 Å². The normalized spacial score (nSPS) is 20.2. The molecule has 106 valence electrons. The van der Waals surface area contributed by atoms with Gasteiger partial charge in [-0.1, -0.05) is 6.92 Å². The van der Waals surface area contributed by atoms with Crippen LogP contribution in [0.3, 0.4) is 0 Å². The van der Waals surface area contributed by atoms with Crippen LogP contribution in [0.4, 0.5) is 0 Å². The molecule has 0 amide bonds. The number of piperazine rings is 1. The summed E-state index contributed by atoms with van der Waals surface area (Å²) < 4.78 is 0. The zero-order valence-electron chi connectivity index (χ0n) is 12.2. The van der Waals surface area contributed by atoms with Crippen LogP contribution >= 0.6 is 0 Å². The number of hydrogen-bond acceptors (Lipinski definition) is 4. The van der Waals surface area contributed by atoms with E-state index in [1.807, 2.05) is 0 Å². The van der Waals surface area contributed by atoms with Gasteiger partial charge in [-0.3, -0.25) is 15.2 Å². The molecule has 1 unspecified atom stereocenters. The van der Waals surface area contributed by atoms with E-state index in [2.05, 4.69) is 35.7 Å². The fourth-order valence-corrected chi connectivity index (χ4v) is 2.48. The zero-order chi connectivity index (χ0) is 13.5. The van der Waals surface area contributed by atoms with Crippen molar-refractivity contribution in [3.05, 3.63) is 0 Å². The molecule has 1 aliphatic rings. The monoisotopic (exact) mass is 255 g/mol. The highest BCUT2D eigenvalue weighted by Crippen LogP contribution is 2.12. The first-order chi connectivity index (χ1) is 8.52. The summed E-state index contributed by atoms with van der Waals surface area (Å²) in [6.07, 6.45) is 1.80. The molecule has 5 heteroatoms. The maximum absolute atomic E-state index is 7.43. The third kappa shape index (κ3) is 5.33. The van der Waals surface area contributed by atoms with Crippen LogP contribution in [0.15, 0.2) is 0 Å². The topological polar surface area (TPSA) is 59.6 Å². The number of nitrogens with two attached hydrogens (primary N) is 1. The lowest BCUT2D eigenvalue weighted by Gasteiger charge is -2.39. The summed E-state index contributed by atoms with van der Waals surface area (Å²) in [5.41, 5.74) is 5.52. The molecule has 3 N–H and O–H groups in total. The van der Waals surface area contributed by atoms with Gasteiger partial charge in [-0.15, -0.1) is 0 Å². The van der Waals surface area contributed by atoms with Gasteiger partial charge in [0, 0.05) is 51.7 Å². The summed E-state index contributed by atoms with van der Waals surface area (Å²) in [7, 11) is 4.24. The van der Waals surface area contributed by atoms with Gasteiger partial charge in [-0.25, -0.2) is 0 Å². The van der Waals surface area contributed by atoms with Crippen LogP contribution in [0.1, 0.15) is 19.8 Å². The number of amidine groups is 1. The number of likely N-dealkylation sites (N-methyl/N-ethyl adjacent to an activating group) is 1. The Bertz CT molecular complexity index is 246. The molecule has 1 aliphatic heterocycles. The molecule has 0 aliphatic carbocycles.